The molecule has 0 atom stereocenters. The molecule has 0 aliphatic rings. The third kappa shape index (κ3) is 1.17. The van der Waals surface area contributed by atoms with Crippen LogP contribution in [0.25, 0.3) is 11.3 Å². The van der Waals surface area contributed by atoms with Crippen molar-refractivity contribution in [1.82, 2.24) is 4.98 Å². The molecule has 0 spiro atoms. The maximum absolute atomic E-state index is 3.09. The van der Waals surface area contributed by atoms with Crippen LogP contribution in [0.2, 0.25) is 0 Å². The van der Waals surface area contributed by atoms with Crippen LogP contribution in [0.15, 0.2) is 30.5 Å². The highest BCUT2D eigenvalue weighted by molar-refractivity contribution is 5.57. The number of hydrogen-bond donors (Lipinski definition) is 1. The maximum Gasteiger partial charge on any atom is 0.0460 e. The number of nitrogens with one attached hydrogen (secondary N) is 1. The van der Waals surface area contributed by atoms with Crippen molar-refractivity contribution in [3.05, 3.63) is 48.7 Å². The van der Waals surface area contributed by atoms with E-state index in [1.807, 2.05) is 30.5 Å². The topological polar surface area (TPSA) is 15.8 Å². The van der Waals surface area contributed by atoms with Crippen molar-refractivity contribution < 1.29 is 0 Å². The van der Waals surface area contributed by atoms with Gasteiger partial charge in [-0.2, -0.15) is 0 Å². The van der Waals surface area contributed by atoms with Crippen molar-refractivity contribution in [3.63, 3.8) is 0 Å². The van der Waals surface area contributed by atoms with Gasteiger partial charge in [0.2, 0.25) is 0 Å². The minimum Gasteiger partial charge on any atom is -0.361 e. The highest BCUT2D eigenvalue weighted by Gasteiger charge is 1.94. The smallest absolute Gasteiger partial charge is 0.0460 e. The van der Waals surface area contributed by atoms with Crippen molar-refractivity contribution in [2.45, 2.75) is 0 Å². The Kier molecular flexibility index (Phi) is 1.48. The fraction of sp³-hybridized carbons (Fsp3) is 0. The van der Waals surface area contributed by atoms with Gasteiger partial charge in [-0.15, -0.1) is 0 Å². The van der Waals surface area contributed by atoms with E-state index in [1.165, 1.54) is 0 Å². The van der Waals surface area contributed by atoms with Gasteiger partial charge in [-0.3, -0.25) is 0 Å². The lowest BCUT2D eigenvalue weighted by molar-refractivity contribution is 1.40. The van der Waals surface area contributed by atoms with E-state index in [0.717, 1.165) is 11.3 Å². The van der Waals surface area contributed by atoms with E-state index in [0.29, 0.717) is 0 Å². The van der Waals surface area contributed by atoms with Gasteiger partial charge < -0.3 is 4.98 Å². The first-order chi connectivity index (χ1) is 5.47. The Bertz CT molecular complexity index is 308. The lowest BCUT2D eigenvalue weighted by atomic mass is 10.2. The summed E-state index contributed by atoms with van der Waals surface area (Å²) in [5, 5.41) is 0. The minimum atomic E-state index is 1.02. The molecule has 0 fully saturated rings. The first kappa shape index (κ1) is 6.23. The molecule has 1 heteroatoms. The number of aromatic nitrogens is 1. The molecule has 1 aromatic carbocycles. The minimum absolute atomic E-state index is 1.02. The molecule has 11 heavy (non-hydrogen) atoms. The van der Waals surface area contributed by atoms with E-state index in [-0.39, 0.29) is 0 Å². The van der Waals surface area contributed by atoms with Crippen molar-refractivity contribution in [3.8, 4) is 11.3 Å². The van der Waals surface area contributed by atoms with Gasteiger partial charge in [0, 0.05) is 23.5 Å². The van der Waals surface area contributed by atoms with Gasteiger partial charge in [-0.1, -0.05) is 12.1 Å². The summed E-state index contributed by atoms with van der Waals surface area (Å²) in [7, 11) is 0. The zero-order valence-electron chi connectivity index (χ0n) is 5.89. The molecule has 1 N–H and O–H groups in total. The van der Waals surface area contributed by atoms with Gasteiger partial charge in [-0.05, 0) is 24.3 Å². The van der Waals surface area contributed by atoms with E-state index < -0.39 is 0 Å². The lowest BCUT2D eigenvalue weighted by Gasteiger charge is -1.93. The van der Waals surface area contributed by atoms with Crippen LogP contribution < -0.4 is 0 Å². The third-order valence-corrected chi connectivity index (χ3v) is 1.49. The van der Waals surface area contributed by atoms with Gasteiger partial charge in [0.1, 0.15) is 0 Å². The molecule has 1 aromatic heterocycles. The molecule has 0 bridgehead atoms. The van der Waals surface area contributed by atoms with Crippen LogP contribution in [0.3, 0.4) is 0 Å². The zero-order chi connectivity index (χ0) is 7.52. The highest BCUT2D eigenvalue weighted by atomic mass is 14.7. The second-order valence-electron chi connectivity index (χ2n) is 2.23. The third-order valence-electron chi connectivity index (χ3n) is 1.49. The Balaban J connectivity index is 2.46. The van der Waals surface area contributed by atoms with Crippen LogP contribution in [0.1, 0.15) is 0 Å². The summed E-state index contributed by atoms with van der Waals surface area (Å²) in [6.45, 7) is 0. The second kappa shape index (κ2) is 2.62. The van der Waals surface area contributed by atoms with Gasteiger partial charge in [-0.25, -0.2) is 0 Å². The number of hydrogen-bond acceptors (Lipinski definition) is 0. The molecule has 0 amide bonds. The SMILES string of the molecule is [c]1[c]ccc(-c2ccc[nH]2)[c]1. The number of rotatable bonds is 1. The predicted molar refractivity (Wildman–Crippen MR) is 42.7 cm³/mol. The summed E-state index contributed by atoms with van der Waals surface area (Å²) in [5.41, 5.74) is 2.09. The Morgan fingerprint density at radius 2 is 2.27 bits per heavy atom. The molecular formula is C10H6N. The van der Waals surface area contributed by atoms with E-state index in [2.05, 4.69) is 23.2 Å². The Labute approximate surface area is 65.7 Å². The number of aromatic amines is 1. The van der Waals surface area contributed by atoms with Crippen molar-refractivity contribution >= 4 is 0 Å². The van der Waals surface area contributed by atoms with Crippen LogP contribution in [-0.2, 0) is 0 Å². The van der Waals surface area contributed by atoms with Crippen LogP contribution in [-0.4, -0.2) is 4.98 Å². The monoisotopic (exact) mass is 140 g/mol. The van der Waals surface area contributed by atoms with Crippen LogP contribution >= 0.6 is 0 Å². The van der Waals surface area contributed by atoms with E-state index in [1.54, 1.807) is 0 Å². The molecule has 2 rings (SSSR count). The van der Waals surface area contributed by atoms with Gasteiger partial charge in [0.05, 0.1) is 0 Å². The van der Waals surface area contributed by atoms with Gasteiger partial charge in [0.25, 0.3) is 0 Å². The molecular weight excluding hydrogens is 134 g/mol. The van der Waals surface area contributed by atoms with E-state index in [9.17, 15) is 0 Å². The first-order valence-electron chi connectivity index (χ1n) is 3.40. The van der Waals surface area contributed by atoms with Gasteiger partial charge >= 0.3 is 0 Å². The molecule has 0 aliphatic carbocycles. The molecule has 1 heterocycles. The highest BCUT2D eigenvalue weighted by Crippen LogP contribution is 2.13. The van der Waals surface area contributed by atoms with Crippen LogP contribution in [0, 0.1) is 18.2 Å². The quantitative estimate of drug-likeness (QED) is 0.624. The summed E-state index contributed by atoms with van der Waals surface area (Å²) in [6, 6.07) is 16.3. The Morgan fingerprint density at radius 1 is 1.27 bits per heavy atom. The standard InChI is InChI=1S/C10H6N/c1-2-5-9(6-3-1)10-7-4-8-11-10/h2,4-5,7-8,11H. The van der Waals surface area contributed by atoms with Crippen LogP contribution in [0.4, 0.5) is 0 Å². The van der Waals surface area contributed by atoms with E-state index >= 15 is 0 Å². The molecule has 0 saturated carbocycles. The van der Waals surface area contributed by atoms with Gasteiger partial charge in [0.15, 0.2) is 0 Å². The number of H-pyrrole nitrogens is 1. The summed E-state index contributed by atoms with van der Waals surface area (Å²) >= 11 is 0. The number of benzene rings is 1. The Hall–Kier alpha value is -1.50. The second-order valence-corrected chi connectivity index (χ2v) is 2.23. The fourth-order valence-corrected chi connectivity index (χ4v) is 0.967. The lowest BCUT2D eigenvalue weighted by Crippen LogP contribution is -1.74. The van der Waals surface area contributed by atoms with E-state index in [4.69, 9.17) is 0 Å². The van der Waals surface area contributed by atoms with Crippen LogP contribution in [0.5, 0.6) is 0 Å². The zero-order valence-corrected chi connectivity index (χ0v) is 5.89. The Morgan fingerprint density at radius 3 is 2.91 bits per heavy atom. The molecule has 0 unspecified atom stereocenters. The molecule has 0 saturated heterocycles. The average Bonchev–Trinajstić information content (AvgIpc) is 2.58. The normalized spacial score (nSPS) is 9.82. The summed E-state index contributed by atoms with van der Waals surface area (Å²) in [4.78, 5) is 3.09. The van der Waals surface area contributed by atoms with Crippen molar-refractivity contribution in [1.29, 1.82) is 0 Å². The summed E-state index contributed by atoms with van der Waals surface area (Å²) in [6.07, 6.45) is 1.89. The average molecular weight is 140 g/mol. The molecule has 1 nitrogen and oxygen atoms in total. The molecule has 0 aliphatic heterocycles. The summed E-state index contributed by atoms with van der Waals surface area (Å²) < 4.78 is 0. The molecule has 2 aromatic rings. The molecule has 51 valence electrons. The fourth-order valence-electron chi connectivity index (χ4n) is 0.967. The van der Waals surface area contributed by atoms with Crippen molar-refractivity contribution in [2.75, 3.05) is 0 Å². The summed E-state index contributed by atoms with van der Waals surface area (Å²) in [5.74, 6) is 0. The maximum atomic E-state index is 3.09. The van der Waals surface area contributed by atoms with Crippen molar-refractivity contribution in [2.24, 2.45) is 0 Å². The largest absolute Gasteiger partial charge is 0.361 e. The first-order valence-corrected chi connectivity index (χ1v) is 3.40. The molecule has 3 radical (unpaired) electrons. The predicted octanol–water partition coefficient (Wildman–Crippen LogP) is 2.08.